The van der Waals surface area contributed by atoms with E-state index in [4.69, 9.17) is 5.73 Å². The lowest BCUT2D eigenvalue weighted by atomic mass is 9.76. The van der Waals surface area contributed by atoms with Crippen molar-refractivity contribution in [2.24, 2.45) is 11.7 Å². The van der Waals surface area contributed by atoms with Crippen LogP contribution in [0.3, 0.4) is 0 Å². The summed E-state index contributed by atoms with van der Waals surface area (Å²) >= 11 is 0. The van der Waals surface area contributed by atoms with Crippen LogP contribution in [-0.4, -0.2) is 16.7 Å². The van der Waals surface area contributed by atoms with Gasteiger partial charge in [-0.2, -0.15) is 0 Å². The van der Waals surface area contributed by atoms with Crippen molar-refractivity contribution in [1.29, 1.82) is 0 Å². The molecule has 2 heteroatoms. The lowest BCUT2D eigenvalue weighted by molar-refractivity contribution is -0.0179. The SMILES string of the molecule is NC(CC1CCCCC1)C1(O)CCCCCCC1. The topological polar surface area (TPSA) is 46.2 Å². The first-order valence-corrected chi connectivity index (χ1v) is 8.19. The van der Waals surface area contributed by atoms with E-state index in [-0.39, 0.29) is 6.04 Å². The summed E-state index contributed by atoms with van der Waals surface area (Å²) in [5.74, 6) is 0.781. The lowest BCUT2D eigenvalue weighted by Gasteiger charge is -2.38. The van der Waals surface area contributed by atoms with Gasteiger partial charge in [0.1, 0.15) is 0 Å². The number of hydrogen-bond donors (Lipinski definition) is 2. The molecule has 2 rings (SSSR count). The lowest BCUT2D eigenvalue weighted by Crippen LogP contribution is -2.49. The maximum Gasteiger partial charge on any atom is 0.0798 e. The fraction of sp³-hybridized carbons (Fsp3) is 1.00. The van der Waals surface area contributed by atoms with Crippen LogP contribution in [0.5, 0.6) is 0 Å². The Hall–Kier alpha value is -0.0800. The standard InChI is InChI=1S/C16H31NO/c17-15(13-14-9-5-4-6-10-14)16(18)11-7-2-1-3-8-12-16/h14-15,18H,1-13,17H2. The summed E-state index contributed by atoms with van der Waals surface area (Å²) < 4.78 is 0. The van der Waals surface area contributed by atoms with E-state index in [1.807, 2.05) is 0 Å². The fourth-order valence-electron chi connectivity index (χ4n) is 3.89. The van der Waals surface area contributed by atoms with Gasteiger partial charge in [-0.25, -0.2) is 0 Å². The second kappa shape index (κ2) is 6.91. The van der Waals surface area contributed by atoms with Crippen LogP contribution in [0, 0.1) is 5.92 Å². The van der Waals surface area contributed by atoms with E-state index < -0.39 is 5.60 Å². The number of aliphatic hydroxyl groups is 1. The van der Waals surface area contributed by atoms with Crippen LogP contribution in [0.25, 0.3) is 0 Å². The van der Waals surface area contributed by atoms with E-state index >= 15 is 0 Å². The van der Waals surface area contributed by atoms with Crippen LogP contribution in [0.2, 0.25) is 0 Å². The Morgan fingerprint density at radius 2 is 1.39 bits per heavy atom. The highest BCUT2D eigenvalue weighted by Gasteiger charge is 2.35. The Labute approximate surface area is 112 Å². The molecule has 0 spiro atoms. The summed E-state index contributed by atoms with van der Waals surface area (Å²) in [5, 5.41) is 10.9. The summed E-state index contributed by atoms with van der Waals surface area (Å²) in [6.45, 7) is 0. The minimum absolute atomic E-state index is 0.0127. The molecule has 0 heterocycles. The highest BCUT2D eigenvalue weighted by atomic mass is 16.3. The monoisotopic (exact) mass is 253 g/mol. The van der Waals surface area contributed by atoms with E-state index in [2.05, 4.69) is 0 Å². The first kappa shape index (κ1) is 14.3. The third-order valence-electron chi connectivity index (χ3n) is 5.22. The maximum atomic E-state index is 10.9. The fourth-order valence-corrected chi connectivity index (χ4v) is 3.89. The van der Waals surface area contributed by atoms with E-state index in [0.717, 1.165) is 38.0 Å². The molecule has 0 saturated heterocycles. The average molecular weight is 253 g/mol. The molecule has 1 atom stereocenters. The molecule has 18 heavy (non-hydrogen) atoms. The predicted octanol–water partition coefficient (Wildman–Crippen LogP) is 3.76. The van der Waals surface area contributed by atoms with Crippen molar-refractivity contribution in [3.8, 4) is 0 Å². The molecule has 0 radical (unpaired) electrons. The Balaban J connectivity index is 1.85. The van der Waals surface area contributed by atoms with Crippen LogP contribution in [-0.2, 0) is 0 Å². The van der Waals surface area contributed by atoms with Gasteiger partial charge in [0, 0.05) is 6.04 Å². The third-order valence-corrected chi connectivity index (χ3v) is 5.22. The first-order valence-electron chi connectivity index (χ1n) is 8.19. The van der Waals surface area contributed by atoms with Crippen molar-refractivity contribution in [2.75, 3.05) is 0 Å². The minimum atomic E-state index is -0.558. The molecule has 0 amide bonds. The number of rotatable bonds is 3. The van der Waals surface area contributed by atoms with Gasteiger partial charge >= 0.3 is 0 Å². The molecule has 106 valence electrons. The molecule has 2 nitrogen and oxygen atoms in total. The Morgan fingerprint density at radius 3 is 2.00 bits per heavy atom. The van der Waals surface area contributed by atoms with E-state index in [0.29, 0.717) is 0 Å². The molecule has 0 aromatic rings. The van der Waals surface area contributed by atoms with Crippen LogP contribution in [0.15, 0.2) is 0 Å². The first-order chi connectivity index (χ1) is 8.71. The number of hydrogen-bond acceptors (Lipinski definition) is 2. The molecule has 2 saturated carbocycles. The minimum Gasteiger partial charge on any atom is -0.388 e. The quantitative estimate of drug-likeness (QED) is 0.804. The van der Waals surface area contributed by atoms with Gasteiger partial charge in [-0.1, -0.05) is 64.2 Å². The molecule has 2 aliphatic rings. The summed E-state index contributed by atoms with van der Waals surface area (Å²) in [4.78, 5) is 0. The molecule has 0 aromatic heterocycles. The van der Waals surface area contributed by atoms with Crippen molar-refractivity contribution in [1.82, 2.24) is 0 Å². The van der Waals surface area contributed by atoms with E-state index in [1.54, 1.807) is 0 Å². The second-order valence-electron chi connectivity index (χ2n) is 6.72. The summed E-state index contributed by atoms with van der Waals surface area (Å²) in [6, 6.07) is 0.0127. The van der Waals surface area contributed by atoms with Gasteiger partial charge in [0.05, 0.1) is 5.60 Å². The van der Waals surface area contributed by atoms with E-state index in [9.17, 15) is 5.11 Å². The molecule has 2 fully saturated rings. The maximum absolute atomic E-state index is 10.9. The molecular weight excluding hydrogens is 222 g/mol. The molecule has 2 aliphatic carbocycles. The van der Waals surface area contributed by atoms with Crippen LogP contribution < -0.4 is 5.73 Å². The summed E-state index contributed by atoms with van der Waals surface area (Å²) in [6.07, 6.45) is 15.9. The Bertz CT molecular complexity index is 227. The van der Waals surface area contributed by atoms with Crippen molar-refractivity contribution in [2.45, 2.75) is 95.1 Å². The average Bonchev–Trinajstić information content (AvgIpc) is 2.35. The zero-order chi connectivity index (χ0) is 12.8. The van der Waals surface area contributed by atoms with Gasteiger partial charge in [0.2, 0.25) is 0 Å². The van der Waals surface area contributed by atoms with Crippen molar-refractivity contribution in [3.63, 3.8) is 0 Å². The van der Waals surface area contributed by atoms with Crippen LogP contribution in [0.1, 0.15) is 83.5 Å². The summed E-state index contributed by atoms with van der Waals surface area (Å²) in [7, 11) is 0. The van der Waals surface area contributed by atoms with Crippen molar-refractivity contribution < 1.29 is 5.11 Å². The van der Waals surface area contributed by atoms with E-state index in [1.165, 1.54) is 51.4 Å². The number of nitrogens with two attached hydrogens (primary N) is 1. The van der Waals surface area contributed by atoms with Gasteiger partial charge in [-0.05, 0) is 25.2 Å². The highest BCUT2D eigenvalue weighted by Crippen LogP contribution is 2.34. The molecule has 3 N–H and O–H groups in total. The second-order valence-corrected chi connectivity index (χ2v) is 6.72. The summed E-state index contributed by atoms with van der Waals surface area (Å²) in [5.41, 5.74) is 5.83. The molecular formula is C16H31NO. The van der Waals surface area contributed by atoms with Gasteiger partial charge in [-0.3, -0.25) is 0 Å². The zero-order valence-electron chi connectivity index (χ0n) is 11.9. The smallest absolute Gasteiger partial charge is 0.0798 e. The predicted molar refractivity (Wildman–Crippen MR) is 76.4 cm³/mol. The van der Waals surface area contributed by atoms with Crippen molar-refractivity contribution in [3.05, 3.63) is 0 Å². The highest BCUT2D eigenvalue weighted by molar-refractivity contribution is 4.91. The Kier molecular flexibility index (Phi) is 5.50. The van der Waals surface area contributed by atoms with Gasteiger partial charge in [0.25, 0.3) is 0 Å². The molecule has 1 unspecified atom stereocenters. The van der Waals surface area contributed by atoms with Gasteiger partial charge in [0.15, 0.2) is 0 Å². The van der Waals surface area contributed by atoms with Gasteiger partial charge < -0.3 is 10.8 Å². The van der Waals surface area contributed by atoms with Crippen molar-refractivity contribution >= 4 is 0 Å². The normalized spacial score (nSPS) is 28.3. The van der Waals surface area contributed by atoms with Gasteiger partial charge in [-0.15, -0.1) is 0 Å². The van der Waals surface area contributed by atoms with Crippen LogP contribution in [0.4, 0.5) is 0 Å². The van der Waals surface area contributed by atoms with Crippen LogP contribution >= 0.6 is 0 Å². The zero-order valence-corrected chi connectivity index (χ0v) is 11.9. The molecule has 0 bridgehead atoms. The Morgan fingerprint density at radius 1 is 0.889 bits per heavy atom. The molecule has 0 aliphatic heterocycles. The third kappa shape index (κ3) is 3.96. The largest absolute Gasteiger partial charge is 0.388 e. The molecule has 0 aromatic carbocycles.